The predicted octanol–water partition coefficient (Wildman–Crippen LogP) is 4.96. The van der Waals surface area contributed by atoms with Gasteiger partial charge in [0.1, 0.15) is 17.9 Å². The summed E-state index contributed by atoms with van der Waals surface area (Å²) in [4.78, 5) is 16.5. The second-order valence-electron chi connectivity index (χ2n) is 7.22. The van der Waals surface area contributed by atoms with Crippen LogP contribution in [0, 0.1) is 3.57 Å². The van der Waals surface area contributed by atoms with Crippen LogP contribution in [0.15, 0.2) is 84.1 Å². The van der Waals surface area contributed by atoms with E-state index in [0.717, 1.165) is 20.1 Å². The summed E-state index contributed by atoms with van der Waals surface area (Å²) in [5, 5.41) is 4.98. The maximum Gasteiger partial charge on any atom is 0.277 e. The van der Waals surface area contributed by atoms with E-state index in [-0.39, 0.29) is 12.5 Å². The number of rotatable bonds is 9. The average Bonchev–Trinajstić information content (AvgIpc) is 2.87. The molecule has 0 radical (unpaired) electrons. The number of fused-ring (bicyclic) bond motifs is 1. The van der Waals surface area contributed by atoms with Crippen LogP contribution in [-0.4, -0.2) is 30.8 Å². The number of hydrogen-bond donors (Lipinski definition) is 1. The average molecular weight is 567 g/mol. The molecule has 0 atom stereocenters. The number of carbonyl (C=O) groups excluding carboxylic acids is 1. The monoisotopic (exact) mass is 567 g/mol. The van der Waals surface area contributed by atoms with Crippen LogP contribution in [0.5, 0.6) is 17.2 Å². The molecular weight excluding hydrogens is 545 g/mol. The highest BCUT2D eigenvalue weighted by Crippen LogP contribution is 2.34. The van der Waals surface area contributed by atoms with Crippen LogP contribution < -0.4 is 19.6 Å². The molecule has 1 aromatic heterocycles. The van der Waals surface area contributed by atoms with E-state index in [0.29, 0.717) is 29.4 Å². The van der Waals surface area contributed by atoms with Gasteiger partial charge in [-0.2, -0.15) is 5.10 Å². The van der Waals surface area contributed by atoms with E-state index in [4.69, 9.17) is 14.2 Å². The molecule has 4 aromatic rings. The number of para-hydroxylation sites is 1. The quantitative estimate of drug-likeness (QED) is 0.176. The summed E-state index contributed by atoms with van der Waals surface area (Å²) >= 11 is 2.19. The van der Waals surface area contributed by atoms with Crippen LogP contribution in [0.2, 0.25) is 0 Å². The normalized spacial score (nSPS) is 10.9. The molecule has 3 aromatic carbocycles. The van der Waals surface area contributed by atoms with Crippen LogP contribution in [0.25, 0.3) is 10.9 Å². The molecule has 172 valence electrons. The Morgan fingerprint density at radius 1 is 1.03 bits per heavy atom. The number of methoxy groups -OCH3 is 1. The van der Waals surface area contributed by atoms with Gasteiger partial charge in [-0.05, 0) is 58.0 Å². The largest absolute Gasteiger partial charge is 0.493 e. The number of ether oxygens (including phenoxy) is 3. The fourth-order valence-corrected chi connectivity index (χ4v) is 4.01. The molecule has 0 unspecified atom stereocenters. The van der Waals surface area contributed by atoms with E-state index in [1.54, 1.807) is 31.7 Å². The molecule has 4 rings (SSSR count). The fourth-order valence-electron chi connectivity index (χ4n) is 3.23. The molecule has 0 saturated carbocycles. The van der Waals surface area contributed by atoms with E-state index < -0.39 is 0 Å². The Labute approximate surface area is 210 Å². The molecule has 0 fully saturated rings. The topological polar surface area (TPSA) is 82.0 Å². The highest BCUT2D eigenvalue weighted by molar-refractivity contribution is 14.1. The van der Waals surface area contributed by atoms with Gasteiger partial charge in [-0.1, -0.05) is 48.5 Å². The second-order valence-corrected chi connectivity index (χ2v) is 8.38. The molecule has 34 heavy (non-hydrogen) atoms. The Hall–Kier alpha value is -3.66. The van der Waals surface area contributed by atoms with Crippen LogP contribution in [0.1, 0.15) is 11.1 Å². The number of halogens is 1. The molecule has 0 spiro atoms. The van der Waals surface area contributed by atoms with Gasteiger partial charge in [0, 0.05) is 11.6 Å². The van der Waals surface area contributed by atoms with Gasteiger partial charge in [0.2, 0.25) is 0 Å². The van der Waals surface area contributed by atoms with Crippen LogP contribution in [0.3, 0.4) is 0 Å². The Kier molecular flexibility index (Phi) is 7.92. The number of amides is 1. The van der Waals surface area contributed by atoms with Crippen molar-refractivity contribution in [3.63, 3.8) is 0 Å². The van der Waals surface area contributed by atoms with E-state index in [1.807, 2.05) is 60.7 Å². The van der Waals surface area contributed by atoms with Gasteiger partial charge in [0.15, 0.2) is 18.1 Å². The molecular formula is C26H22IN3O4. The number of carbonyl (C=O) groups is 1. The Morgan fingerprint density at radius 3 is 2.68 bits per heavy atom. The van der Waals surface area contributed by atoms with Crippen molar-refractivity contribution in [2.45, 2.75) is 6.61 Å². The van der Waals surface area contributed by atoms with Crippen molar-refractivity contribution < 1.29 is 19.0 Å². The summed E-state index contributed by atoms with van der Waals surface area (Å²) in [7, 11) is 1.59. The number of benzene rings is 3. The summed E-state index contributed by atoms with van der Waals surface area (Å²) in [6.45, 7) is 0.253. The molecule has 0 aliphatic rings. The van der Waals surface area contributed by atoms with Crippen molar-refractivity contribution in [1.82, 2.24) is 10.4 Å². The first-order valence-electron chi connectivity index (χ1n) is 10.5. The van der Waals surface area contributed by atoms with E-state index in [9.17, 15) is 4.79 Å². The van der Waals surface area contributed by atoms with E-state index in [1.165, 1.54) is 0 Å². The molecule has 7 nitrogen and oxygen atoms in total. The third-order valence-corrected chi connectivity index (χ3v) is 5.64. The zero-order valence-electron chi connectivity index (χ0n) is 18.4. The third-order valence-electron chi connectivity index (χ3n) is 4.84. The minimum absolute atomic E-state index is 0.180. The third kappa shape index (κ3) is 6.02. The molecule has 0 saturated heterocycles. The summed E-state index contributed by atoms with van der Waals surface area (Å²) in [6, 6.07) is 23.0. The highest BCUT2D eigenvalue weighted by atomic mass is 127. The van der Waals surface area contributed by atoms with Crippen molar-refractivity contribution in [2.75, 3.05) is 13.7 Å². The Bertz CT molecular complexity index is 1310. The van der Waals surface area contributed by atoms with Crippen LogP contribution >= 0.6 is 22.6 Å². The number of hydrogen-bond acceptors (Lipinski definition) is 6. The lowest BCUT2D eigenvalue weighted by atomic mass is 10.2. The van der Waals surface area contributed by atoms with Gasteiger partial charge >= 0.3 is 0 Å². The predicted molar refractivity (Wildman–Crippen MR) is 139 cm³/mol. The van der Waals surface area contributed by atoms with Gasteiger partial charge in [0.05, 0.1) is 16.9 Å². The molecule has 0 aliphatic heterocycles. The van der Waals surface area contributed by atoms with Gasteiger partial charge in [0.25, 0.3) is 5.91 Å². The van der Waals surface area contributed by atoms with Gasteiger partial charge in [-0.25, -0.2) is 5.43 Å². The van der Waals surface area contributed by atoms with Crippen LogP contribution in [0.4, 0.5) is 0 Å². The summed E-state index contributed by atoms with van der Waals surface area (Å²) in [6.07, 6.45) is 3.23. The maximum absolute atomic E-state index is 12.2. The first kappa shape index (κ1) is 23.5. The number of pyridine rings is 1. The van der Waals surface area contributed by atoms with Gasteiger partial charge in [-0.3, -0.25) is 9.78 Å². The number of aromatic nitrogens is 1. The Morgan fingerprint density at radius 2 is 1.85 bits per heavy atom. The molecule has 0 aliphatic carbocycles. The number of hydrazone groups is 1. The van der Waals surface area contributed by atoms with Crippen LogP contribution in [-0.2, 0) is 11.4 Å². The standard InChI is InChI=1S/C26H22IN3O4/c1-32-23-14-19(13-21(27)26(23)34-16-18-7-3-2-4-8-18)15-29-30-24(31)17-33-22-11-5-9-20-10-6-12-28-25(20)22/h2-15H,16-17H2,1H3,(H,30,31)/b29-15-. The summed E-state index contributed by atoms with van der Waals surface area (Å²) in [5.41, 5.74) is 5.01. The number of nitrogens with zero attached hydrogens (tertiary/aromatic N) is 2. The van der Waals surface area contributed by atoms with Gasteiger partial charge < -0.3 is 14.2 Å². The molecule has 1 heterocycles. The zero-order valence-corrected chi connectivity index (χ0v) is 20.6. The van der Waals surface area contributed by atoms with E-state index >= 15 is 0 Å². The van der Waals surface area contributed by atoms with Crippen molar-refractivity contribution in [2.24, 2.45) is 5.10 Å². The molecule has 1 amide bonds. The second kappa shape index (κ2) is 11.5. The molecule has 0 bridgehead atoms. The molecule has 1 N–H and O–H groups in total. The summed E-state index contributed by atoms with van der Waals surface area (Å²) < 4.78 is 18.0. The highest BCUT2D eigenvalue weighted by Gasteiger charge is 2.12. The Balaban J connectivity index is 1.35. The van der Waals surface area contributed by atoms with Crippen molar-refractivity contribution in [3.05, 3.63) is 93.7 Å². The fraction of sp³-hybridized carbons (Fsp3) is 0.115. The molecule has 8 heteroatoms. The lowest BCUT2D eigenvalue weighted by Gasteiger charge is -2.13. The lowest BCUT2D eigenvalue weighted by Crippen LogP contribution is -2.24. The van der Waals surface area contributed by atoms with Crippen molar-refractivity contribution in [3.8, 4) is 17.2 Å². The SMILES string of the molecule is COc1cc(/C=N\NC(=O)COc2cccc3cccnc23)cc(I)c1OCc1ccccc1. The van der Waals surface area contributed by atoms with Gasteiger partial charge in [-0.15, -0.1) is 0 Å². The minimum atomic E-state index is -0.381. The number of nitrogens with one attached hydrogen (secondary N) is 1. The smallest absolute Gasteiger partial charge is 0.277 e. The lowest BCUT2D eigenvalue weighted by molar-refractivity contribution is -0.123. The first-order chi connectivity index (χ1) is 16.6. The maximum atomic E-state index is 12.2. The van der Waals surface area contributed by atoms with Crippen molar-refractivity contribution in [1.29, 1.82) is 0 Å². The van der Waals surface area contributed by atoms with Crippen molar-refractivity contribution >= 4 is 45.6 Å². The first-order valence-corrected chi connectivity index (χ1v) is 11.5. The minimum Gasteiger partial charge on any atom is -0.493 e. The summed E-state index contributed by atoms with van der Waals surface area (Å²) in [5.74, 6) is 1.41. The zero-order chi connectivity index (χ0) is 23.8. The van der Waals surface area contributed by atoms with E-state index in [2.05, 4.69) is 38.1 Å².